The molecule has 4 N–H and O–H groups in total. The normalized spacial score (nSPS) is 20.1. The van der Waals surface area contributed by atoms with Gasteiger partial charge in [0.05, 0.1) is 6.20 Å². The first-order valence-electron chi connectivity index (χ1n) is 9.78. The first-order chi connectivity index (χ1) is 13.6. The van der Waals surface area contributed by atoms with E-state index in [1.54, 1.807) is 0 Å². The summed E-state index contributed by atoms with van der Waals surface area (Å²) in [6.07, 6.45) is 6.03. The number of oxazole rings is 1. The van der Waals surface area contributed by atoms with E-state index in [9.17, 15) is 14.1 Å². The molecule has 2 aliphatic carbocycles. The van der Waals surface area contributed by atoms with Crippen LogP contribution in [-0.4, -0.2) is 20.3 Å². The largest absolute Gasteiger partial charge is 0.426 e. The van der Waals surface area contributed by atoms with Crippen LogP contribution in [-0.2, 0) is 34.8 Å². The zero-order valence-corrected chi connectivity index (χ0v) is 17.6. The Balaban J connectivity index is 1.66. The van der Waals surface area contributed by atoms with E-state index in [4.69, 9.17) is 9.56 Å². The molecule has 29 heavy (non-hydrogen) atoms. The molecule has 0 saturated heterocycles. The summed E-state index contributed by atoms with van der Waals surface area (Å²) in [7, 11) is -3.64. The number of hydrogen-bond acceptors (Lipinski definition) is 5. The number of urea groups is 1. The number of nitrogens with zero attached hydrogens (tertiary/aromatic N) is 2. The molecule has 0 bridgehead atoms. The smallest absolute Gasteiger partial charge is 0.354 e. The summed E-state index contributed by atoms with van der Waals surface area (Å²) in [5, 5.41) is 18.3. The van der Waals surface area contributed by atoms with Crippen LogP contribution in [0.5, 0.6) is 0 Å². The van der Waals surface area contributed by atoms with Crippen LogP contribution >= 0.6 is 0 Å². The van der Waals surface area contributed by atoms with Crippen LogP contribution < -0.4 is 10.5 Å². The molecule has 1 aromatic carbocycles. The Morgan fingerprint density at radius 3 is 2.83 bits per heavy atom. The number of nitrogens with one attached hydrogen (secondary N) is 1. The van der Waals surface area contributed by atoms with Gasteiger partial charge in [0.25, 0.3) is 0 Å². The quantitative estimate of drug-likeness (QED) is 0.703. The summed E-state index contributed by atoms with van der Waals surface area (Å²) in [4.78, 5) is 16.5. The van der Waals surface area contributed by atoms with Gasteiger partial charge >= 0.3 is 6.03 Å². The lowest BCUT2D eigenvalue weighted by molar-refractivity contribution is 0.0446. The van der Waals surface area contributed by atoms with Gasteiger partial charge in [-0.1, -0.05) is 13.0 Å². The Labute approximate surface area is 170 Å². The van der Waals surface area contributed by atoms with Gasteiger partial charge < -0.3 is 14.8 Å². The number of hydrogen-bond donors (Lipinski definition) is 3. The number of carbonyl (C=O) groups is 1. The maximum Gasteiger partial charge on any atom is 0.354 e. The minimum Gasteiger partial charge on any atom is -0.426 e. The monoisotopic (exact) mass is 418 g/mol. The lowest BCUT2D eigenvalue weighted by Crippen LogP contribution is -2.19. The number of aryl methyl sites for hydroxylation is 1. The maximum absolute atomic E-state index is 12.8. The number of amides is 2. The van der Waals surface area contributed by atoms with Crippen molar-refractivity contribution in [2.24, 2.45) is 9.50 Å². The first kappa shape index (κ1) is 20.1. The van der Waals surface area contributed by atoms with Crippen molar-refractivity contribution in [3.05, 3.63) is 40.4 Å². The fourth-order valence-electron chi connectivity index (χ4n) is 4.16. The van der Waals surface area contributed by atoms with Crippen LogP contribution in [0.15, 0.2) is 26.1 Å². The Kier molecular flexibility index (Phi) is 4.79. The van der Waals surface area contributed by atoms with Gasteiger partial charge in [0.2, 0.25) is 11.0 Å². The molecule has 0 fully saturated rings. The third-order valence-electron chi connectivity index (χ3n) is 5.65. The lowest BCUT2D eigenvalue weighted by atomic mass is 9.96. The molecule has 2 aromatic rings. The molecule has 0 radical (unpaired) electrons. The van der Waals surface area contributed by atoms with Crippen LogP contribution in [0.1, 0.15) is 67.7 Å². The van der Waals surface area contributed by atoms with E-state index in [-0.39, 0.29) is 11.0 Å². The molecule has 0 spiro atoms. The van der Waals surface area contributed by atoms with Gasteiger partial charge in [-0.25, -0.2) is 19.1 Å². The Hall–Kier alpha value is -2.23. The highest BCUT2D eigenvalue weighted by Gasteiger charge is 2.29. The van der Waals surface area contributed by atoms with Crippen molar-refractivity contribution in [1.29, 1.82) is 0 Å². The Morgan fingerprint density at radius 2 is 2.14 bits per heavy atom. The summed E-state index contributed by atoms with van der Waals surface area (Å²) in [5.41, 5.74) is 4.28. The number of benzene rings is 1. The standard InChI is InChI=1S/C20H26N4O4S/c1-11-7-8-14-15(11)9-12-5-4-6-13(12)17(14)23-19(25)24-29(21,27)16-10-22-18(28-16)20(2,3)26/h9-11,26H,4-8H2,1-3H3,(H3,21,23,24,25,27). The van der Waals surface area contributed by atoms with E-state index >= 15 is 0 Å². The van der Waals surface area contributed by atoms with E-state index in [1.807, 2.05) is 0 Å². The third-order valence-corrected chi connectivity index (χ3v) is 6.85. The average Bonchev–Trinajstić information content (AvgIpc) is 3.33. The summed E-state index contributed by atoms with van der Waals surface area (Å²) in [6, 6.07) is 1.50. The van der Waals surface area contributed by atoms with Crippen molar-refractivity contribution >= 4 is 21.6 Å². The van der Waals surface area contributed by atoms with Crippen molar-refractivity contribution in [3.8, 4) is 0 Å². The van der Waals surface area contributed by atoms with Gasteiger partial charge in [-0.2, -0.15) is 0 Å². The van der Waals surface area contributed by atoms with E-state index in [0.717, 1.165) is 55.1 Å². The maximum atomic E-state index is 12.8. The fraction of sp³-hybridized carbons (Fsp3) is 0.500. The van der Waals surface area contributed by atoms with Gasteiger partial charge in [-0.15, -0.1) is 4.36 Å². The second kappa shape index (κ2) is 6.93. The molecule has 2 aliphatic rings. The molecule has 8 nitrogen and oxygen atoms in total. The van der Waals surface area contributed by atoms with E-state index in [2.05, 4.69) is 27.7 Å². The first-order valence-corrected chi connectivity index (χ1v) is 11.4. The third kappa shape index (κ3) is 3.70. The highest BCUT2D eigenvalue weighted by molar-refractivity contribution is 7.91. The van der Waals surface area contributed by atoms with Crippen LogP contribution in [0, 0.1) is 0 Å². The molecular formula is C20H26N4O4S. The van der Waals surface area contributed by atoms with Gasteiger partial charge in [0, 0.05) is 5.69 Å². The van der Waals surface area contributed by atoms with Crippen molar-refractivity contribution < 1.29 is 18.5 Å². The van der Waals surface area contributed by atoms with Crippen molar-refractivity contribution in [2.45, 2.75) is 69.5 Å². The average molecular weight is 419 g/mol. The van der Waals surface area contributed by atoms with E-state index in [0.29, 0.717) is 5.92 Å². The van der Waals surface area contributed by atoms with Gasteiger partial charge in [-0.05, 0) is 74.1 Å². The summed E-state index contributed by atoms with van der Waals surface area (Å²) in [5.74, 6) is 0.408. The van der Waals surface area contributed by atoms with Crippen molar-refractivity contribution in [3.63, 3.8) is 0 Å². The number of rotatable bonds is 3. The molecule has 1 aromatic heterocycles. The van der Waals surface area contributed by atoms with Gasteiger partial charge in [0.15, 0.2) is 9.92 Å². The number of aromatic nitrogens is 1. The molecule has 156 valence electrons. The molecule has 2 atom stereocenters. The number of carbonyl (C=O) groups excluding carboxylic acids is 1. The minimum absolute atomic E-state index is 0.0473. The second-order valence-electron chi connectivity index (χ2n) is 8.38. The van der Waals surface area contributed by atoms with Gasteiger partial charge in [0.1, 0.15) is 5.60 Å². The molecule has 2 unspecified atom stereocenters. The molecule has 1 heterocycles. The minimum atomic E-state index is -3.64. The Morgan fingerprint density at radius 1 is 1.38 bits per heavy atom. The second-order valence-corrected chi connectivity index (χ2v) is 10.1. The number of aliphatic hydroxyl groups is 1. The molecular weight excluding hydrogens is 392 g/mol. The van der Waals surface area contributed by atoms with Crippen molar-refractivity contribution in [2.75, 3.05) is 5.32 Å². The molecule has 9 heteroatoms. The highest BCUT2D eigenvalue weighted by Crippen LogP contribution is 2.43. The van der Waals surface area contributed by atoms with Crippen LogP contribution in [0.2, 0.25) is 0 Å². The number of fused-ring (bicyclic) bond motifs is 2. The lowest BCUT2D eigenvalue weighted by Gasteiger charge is -2.16. The van der Waals surface area contributed by atoms with Crippen LogP contribution in [0.25, 0.3) is 0 Å². The summed E-state index contributed by atoms with van der Waals surface area (Å²) in [6.45, 7) is 5.14. The number of anilines is 1. The van der Waals surface area contributed by atoms with Crippen molar-refractivity contribution in [1.82, 2.24) is 4.98 Å². The summed E-state index contributed by atoms with van der Waals surface area (Å²) >= 11 is 0. The fourth-order valence-corrected chi connectivity index (χ4v) is 4.95. The molecule has 2 amide bonds. The molecule has 0 saturated carbocycles. The van der Waals surface area contributed by atoms with Crippen LogP contribution in [0.4, 0.5) is 10.5 Å². The topological polar surface area (TPSA) is 131 Å². The van der Waals surface area contributed by atoms with E-state index < -0.39 is 21.5 Å². The number of nitrogens with two attached hydrogens (primary N) is 1. The van der Waals surface area contributed by atoms with E-state index in [1.165, 1.54) is 25.0 Å². The predicted molar refractivity (Wildman–Crippen MR) is 109 cm³/mol. The Bertz CT molecular complexity index is 1110. The predicted octanol–water partition coefficient (Wildman–Crippen LogP) is 3.37. The SMILES string of the molecule is CC1CCc2c1cc1c(c2NC(=O)N=S(N)(=O)c2cnc(C(C)(C)O)o2)CCC1. The van der Waals surface area contributed by atoms with Crippen LogP contribution in [0.3, 0.4) is 0 Å². The summed E-state index contributed by atoms with van der Waals surface area (Å²) < 4.78 is 21.8. The van der Waals surface area contributed by atoms with Gasteiger partial charge in [-0.3, -0.25) is 0 Å². The molecule has 0 aliphatic heterocycles. The highest BCUT2D eigenvalue weighted by atomic mass is 32.2. The molecule has 4 rings (SSSR count). The zero-order valence-electron chi connectivity index (χ0n) is 16.8. The zero-order chi connectivity index (χ0) is 21.0.